The minimum Gasteiger partial charge on any atom is -0.370 e. The van der Waals surface area contributed by atoms with E-state index in [1.807, 2.05) is 19.9 Å². The summed E-state index contributed by atoms with van der Waals surface area (Å²) in [7, 11) is 0. The lowest BCUT2D eigenvalue weighted by molar-refractivity contribution is -0.0143. The Morgan fingerprint density at radius 2 is 2.05 bits per heavy atom. The molecule has 5 heteroatoms. The molecule has 0 spiro atoms. The average molecular weight is 258 g/mol. The largest absolute Gasteiger partial charge is 0.370 e. The van der Waals surface area contributed by atoms with Crippen LogP contribution in [0.3, 0.4) is 0 Å². The maximum Gasteiger partial charge on any atom is 0.264 e. The number of amides is 2. The number of benzene rings is 1. The van der Waals surface area contributed by atoms with Crippen LogP contribution in [0, 0.1) is 0 Å². The summed E-state index contributed by atoms with van der Waals surface area (Å²) in [5.74, 6) is -0.581. The number of hydrogen-bond acceptors (Lipinski definition) is 4. The molecule has 1 aromatic rings. The molecule has 3 rings (SSSR count). The highest BCUT2D eigenvalue weighted by Gasteiger charge is 2.42. The zero-order valence-corrected chi connectivity index (χ0v) is 10.8. The Kier molecular flexibility index (Phi) is 2.62. The smallest absolute Gasteiger partial charge is 0.264 e. The van der Waals surface area contributed by atoms with Crippen molar-refractivity contribution in [2.24, 2.45) is 5.16 Å². The number of carbonyl (C=O) groups excluding carboxylic acids is 2. The van der Waals surface area contributed by atoms with Gasteiger partial charge in [-0.1, -0.05) is 18.1 Å². The highest BCUT2D eigenvalue weighted by Crippen LogP contribution is 2.29. The predicted octanol–water partition coefficient (Wildman–Crippen LogP) is 1.97. The van der Waals surface area contributed by atoms with Crippen LogP contribution in [0.25, 0.3) is 0 Å². The monoisotopic (exact) mass is 258 g/mol. The van der Waals surface area contributed by atoms with E-state index in [1.54, 1.807) is 12.1 Å². The number of hydrogen-bond donors (Lipinski definition) is 0. The molecule has 0 aliphatic carbocycles. The lowest BCUT2D eigenvalue weighted by Gasteiger charge is -2.19. The highest BCUT2D eigenvalue weighted by molar-refractivity contribution is 6.21. The van der Waals surface area contributed by atoms with Crippen LogP contribution in [0.2, 0.25) is 0 Å². The lowest BCUT2D eigenvalue weighted by Crippen LogP contribution is -2.39. The summed E-state index contributed by atoms with van der Waals surface area (Å²) in [5, 5.41) is 3.80. The van der Waals surface area contributed by atoms with Gasteiger partial charge in [-0.15, -0.1) is 0 Å². The molecule has 1 aromatic carbocycles. The van der Waals surface area contributed by atoms with Crippen LogP contribution in [0.5, 0.6) is 0 Å². The number of rotatable bonds is 2. The number of nitrogens with zero attached hydrogens (tertiary/aromatic N) is 2. The fraction of sp³-hybridized carbons (Fsp3) is 0.357. The van der Waals surface area contributed by atoms with Crippen molar-refractivity contribution in [1.82, 2.24) is 4.90 Å². The Labute approximate surface area is 110 Å². The van der Waals surface area contributed by atoms with Crippen molar-refractivity contribution in [2.45, 2.75) is 32.9 Å². The van der Waals surface area contributed by atoms with Gasteiger partial charge in [0.1, 0.15) is 0 Å². The van der Waals surface area contributed by atoms with Gasteiger partial charge in [0.2, 0.25) is 6.23 Å². The first kappa shape index (κ1) is 11.9. The van der Waals surface area contributed by atoms with Gasteiger partial charge in [-0.05, 0) is 31.0 Å². The molecule has 0 saturated carbocycles. The molecule has 0 N–H and O–H groups in total. The van der Waals surface area contributed by atoms with E-state index in [0.717, 1.165) is 17.7 Å². The summed E-state index contributed by atoms with van der Waals surface area (Å²) < 4.78 is 0. The van der Waals surface area contributed by atoms with Crippen LogP contribution in [0.4, 0.5) is 0 Å². The van der Waals surface area contributed by atoms with Crippen molar-refractivity contribution >= 4 is 17.5 Å². The molecule has 19 heavy (non-hydrogen) atoms. The van der Waals surface area contributed by atoms with E-state index in [-0.39, 0.29) is 11.8 Å². The normalized spacial score (nSPS) is 21.5. The number of oxime groups is 1. The Morgan fingerprint density at radius 3 is 2.68 bits per heavy atom. The third-order valence-electron chi connectivity index (χ3n) is 3.48. The van der Waals surface area contributed by atoms with Crippen LogP contribution in [-0.4, -0.2) is 28.7 Å². The van der Waals surface area contributed by atoms with Gasteiger partial charge in [-0.3, -0.25) is 9.59 Å². The number of fused-ring (bicyclic) bond motifs is 1. The van der Waals surface area contributed by atoms with Gasteiger partial charge in [0.25, 0.3) is 11.8 Å². The maximum atomic E-state index is 12.3. The quantitative estimate of drug-likeness (QED) is 0.762. The SMILES string of the molecule is CCc1ccc2c(c1)C(=O)N(C1CC(C)=NO1)C2=O. The molecule has 0 radical (unpaired) electrons. The minimum absolute atomic E-state index is 0.287. The molecule has 0 bridgehead atoms. The topological polar surface area (TPSA) is 59.0 Å². The third-order valence-corrected chi connectivity index (χ3v) is 3.48. The van der Waals surface area contributed by atoms with E-state index >= 15 is 0 Å². The van der Waals surface area contributed by atoms with Crippen LogP contribution >= 0.6 is 0 Å². The molecule has 0 aromatic heterocycles. The molecule has 1 atom stereocenters. The van der Waals surface area contributed by atoms with E-state index in [2.05, 4.69) is 5.16 Å². The van der Waals surface area contributed by atoms with Gasteiger partial charge < -0.3 is 4.84 Å². The molecule has 2 aliphatic heterocycles. The second-order valence-corrected chi connectivity index (χ2v) is 4.80. The van der Waals surface area contributed by atoms with Crippen molar-refractivity contribution < 1.29 is 14.4 Å². The zero-order valence-electron chi connectivity index (χ0n) is 10.8. The zero-order chi connectivity index (χ0) is 13.6. The van der Waals surface area contributed by atoms with E-state index in [4.69, 9.17) is 4.84 Å². The second-order valence-electron chi connectivity index (χ2n) is 4.80. The highest BCUT2D eigenvalue weighted by atomic mass is 16.7. The second kappa shape index (κ2) is 4.19. The third kappa shape index (κ3) is 1.73. The van der Waals surface area contributed by atoms with Gasteiger partial charge in [0, 0.05) is 6.42 Å². The van der Waals surface area contributed by atoms with E-state index in [1.165, 1.54) is 4.90 Å². The van der Waals surface area contributed by atoms with Crippen molar-refractivity contribution in [3.8, 4) is 0 Å². The summed E-state index contributed by atoms with van der Waals surface area (Å²) in [6.45, 7) is 3.82. The van der Waals surface area contributed by atoms with E-state index in [9.17, 15) is 9.59 Å². The summed E-state index contributed by atoms with van der Waals surface area (Å²) in [6.07, 6.45) is 0.709. The van der Waals surface area contributed by atoms with Crippen molar-refractivity contribution in [1.29, 1.82) is 0 Å². The Hall–Kier alpha value is -2.17. The summed E-state index contributed by atoms with van der Waals surface area (Å²) in [4.78, 5) is 30.9. The Morgan fingerprint density at radius 1 is 1.32 bits per heavy atom. The minimum atomic E-state index is -0.600. The van der Waals surface area contributed by atoms with E-state index in [0.29, 0.717) is 17.5 Å². The van der Waals surface area contributed by atoms with Crippen molar-refractivity contribution in [3.63, 3.8) is 0 Å². The molecule has 2 amide bonds. The summed E-state index contributed by atoms with van der Waals surface area (Å²) >= 11 is 0. The summed E-state index contributed by atoms with van der Waals surface area (Å²) in [6, 6.07) is 5.39. The van der Waals surface area contributed by atoms with E-state index < -0.39 is 6.23 Å². The van der Waals surface area contributed by atoms with Gasteiger partial charge in [-0.2, -0.15) is 0 Å². The standard InChI is InChI=1S/C14H14N2O3/c1-3-9-4-5-10-11(7-9)14(18)16(13(10)17)12-6-8(2)15-19-12/h4-5,7,12H,3,6H2,1-2H3. The van der Waals surface area contributed by atoms with Crippen LogP contribution in [0.15, 0.2) is 23.4 Å². The van der Waals surface area contributed by atoms with Gasteiger partial charge in [0.05, 0.1) is 16.8 Å². The molecular formula is C14H14N2O3. The average Bonchev–Trinajstić information content (AvgIpc) is 2.93. The first-order valence-corrected chi connectivity index (χ1v) is 6.32. The first-order valence-electron chi connectivity index (χ1n) is 6.32. The van der Waals surface area contributed by atoms with Crippen LogP contribution in [-0.2, 0) is 11.3 Å². The van der Waals surface area contributed by atoms with Crippen LogP contribution in [0.1, 0.15) is 46.5 Å². The van der Waals surface area contributed by atoms with Crippen LogP contribution < -0.4 is 0 Å². The molecule has 2 heterocycles. The van der Waals surface area contributed by atoms with Gasteiger partial charge in [-0.25, -0.2) is 4.90 Å². The van der Waals surface area contributed by atoms with Crippen molar-refractivity contribution in [2.75, 3.05) is 0 Å². The predicted molar refractivity (Wildman–Crippen MR) is 68.9 cm³/mol. The molecule has 2 aliphatic rings. The molecule has 5 nitrogen and oxygen atoms in total. The number of carbonyl (C=O) groups is 2. The van der Waals surface area contributed by atoms with Gasteiger partial charge >= 0.3 is 0 Å². The number of imide groups is 1. The maximum absolute atomic E-state index is 12.3. The lowest BCUT2D eigenvalue weighted by atomic mass is 10.0. The fourth-order valence-corrected chi connectivity index (χ4v) is 2.40. The Balaban J connectivity index is 1.96. The molecule has 98 valence electrons. The number of aryl methyl sites for hydroxylation is 1. The molecule has 1 unspecified atom stereocenters. The van der Waals surface area contributed by atoms with Crippen molar-refractivity contribution in [3.05, 3.63) is 34.9 Å². The Bertz CT molecular complexity index is 607. The molecule has 0 saturated heterocycles. The van der Waals surface area contributed by atoms with Gasteiger partial charge in [0.15, 0.2) is 0 Å². The molecule has 0 fully saturated rings. The first-order chi connectivity index (χ1) is 9.11. The summed E-state index contributed by atoms with van der Waals surface area (Å²) in [5.41, 5.74) is 2.75. The molecular weight excluding hydrogens is 244 g/mol. The fourth-order valence-electron chi connectivity index (χ4n) is 2.40.